The van der Waals surface area contributed by atoms with Crippen molar-refractivity contribution < 1.29 is 19.0 Å². The molecule has 3 aromatic carbocycles. The van der Waals surface area contributed by atoms with Gasteiger partial charge in [0, 0.05) is 6.54 Å². The fraction of sp³-hybridized carbons (Fsp3) is 0.231. The van der Waals surface area contributed by atoms with Gasteiger partial charge in [-0.15, -0.1) is 0 Å². The average molecular weight is 465 g/mol. The molecule has 0 aliphatic carbocycles. The van der Waals surface area contributed by atoms with Crippen LogP contribution in [0.15, 0.2) is 66.7 Å². The molecule has 0 aliphatic rings. The highest BCUT2D eigenvalue weighted by Gasteiger charge is 2.23. The van der Waals surface area contributed by atoms with Crippen LogP contribution in [0.25, 0.3) is 10.2 Å². The molecule has 170 valence electrons. The SMILES string of the molecule is CCC(c1ccc(C(=O)O)cc1)N(CCc1ccc(OC)cc1)c1nc2cccc(F)c2s1. The molecule has 0 radical (unpaired) electrons. The normalized spacial score (nSPS) is 12.0. The van der Waals surface area contributed by atoms with Crippen LogP contribution in [-0.4, -0.2) is 29.7 Å². The number of aromatic nitrogens is 1. The molecule has 0 amide bonds. The predicted molar refractivity (Wildman–Crippen MR) is 130 cm³/mol. The van der Waals surface area contributed by atoms with Crippen molar-refractivity contribution in [2.75, 3.05) is 18.6 Å². The molecule has 0 saturated heterocycles. The Balaban J connectivity index is 1.69. The highest BCUT2D eigenvalue weighted by molar-refractivity contribution is 7.22. The second-order valence-electron chi connectivity index (χ2n) is 7.73. The predicted octanol–water partition coefficient (Wildman–Crippen LogP) is 6.34. The lowest BCUT2D eigenvalue weighted by atomic mass is 10.0. The van der Waals surface area contributed by atoms with Crippen molar-refractivity contribution in [3.05, 3.63) is 89.2 Å². The second kappa shape index (κ2) is 10.0. The number of carbonyl (C=O) groups is 1. The Kier molecular flexibility index (Phi) is 6.89. The highest BCUT2D eigenvalue weighted by Crippen LogP contribution is 2.36. The first kappa shape index (κ1) is 22.7. The second-order valence-corrected chi connectivity index (χ2v) is 8.70. The summed E-state index contributed by atoms with van der Waals surface area (Å²) in [6.07, 6.45) is 1.56. The maximum Gasteiger partial charge on any atom is 0.335 e. The zero-order valence-electron chi connectivity index (χ0n) is 18.5. The number of hydrogen-bond acceptors (Lipinski definition) is 5. The summed E-state index contributed by atoms with van der Waals surface area (Å²) in [6.45, 7) is 2.76. The molecule has 4 rings (SSSR count). The van der Waals surface area contributed by atoms with Gasteiger partial charge in [0.25, 0.3) is 0 Å². The van der Waals surface area contributed by atoms with Crippen molar-refractivity contribution in [1.29, 1.82) is 0 Å². The lowest BCUT2D eigenvalue weighted by Gasteiger charge is -2.31. The Hall–Kier alpha value is -3.45. The Labute approximate surface area is 196 Å². The summed E-state index contributed by atoms with van der Waals surface area (Å²) in [4.78, 5) is 18.2. The van der Waals surface area contributed by atoms with Crippen molar-refractivity contribution in [3.63, 3.8) is 0 Å². The zero-order valence-corrected chi connectivity index (χ0v) is 19.3. The van der Waals surface area contributed by atoms with Crippen molar-refractivity contribution in [2.24, 2.45) is 0 Å². The standard InChI is InChI=1S/C26H25FN2O3S/c1-3-23(18-9-11-19(12-10-18)25(30)31)29(16-15-17-7-13-20(32-2)14-8-17)26-28-22-6-4-5-21(27)24(22)33-26/h4-14,23H,3,15-16H2,1-2H3,(H,30,31). The third-order valence-corrected chi connectivity index (χ3v) is 6.82. The Morgan fingerprint density at radius 3 is 2.45 bits per heavy atom. The Morgan fingerprint density at radius 2 is 1.85 bits per heavy atom. The summed E-state index contributed by atoms with van der Waals surface area (Å²) >= 11 is 1.35. The third kappa shape index (κ3) is 4.98. The molecular formula is C26H25FN2O3S. The number of ether oxygens (including phenoxy) is 1. The molecule has 4 aromatic rings. The first-order chi connectivity index (χ1) is 16.0. The van der Waals surface area contributed by atoms with Gasteiger partial charge in [0.15, 0.2) is 5.13 Å². The van der Waals surface area contributed by atoms with Crippen LogP contribution in [0.1, 0.15) is 40.9 Å². The summed E-state index contributed by atoms with van der Waals surface area (Å²) in [5.41, 5.74) is 3.04. The molecule has 0 bridgehead atoms. The van der Waals surface area contributed by atoms with Gasteiger partial charge < -0.3 is 14.7 Å². The van der Waals surface area contributed by atoms with E-state index in [0.717, 1.165) is 34.8 Å². The minimum atomic E-state index is -0.951. The largest absolute Gasteiger partial charge is 0.497 e. The van der Waals surface area contributed by atoms with Gasteiger partial charge in [-0.1, -0.05) is 48.6 Å². The molecule has 0 spiro atoms. The maximum atomic E-state index is 14.4. The van der Waals surface area contributed by atoms with Crippen LogP contribution >= 0.6 is 11.3 Å². The van der Waals surface area contributed by atoms with E-state index in [0.29, 0.717) is 16.8 Å². The lowest BCUT2D eigenvalue weighted by molar-refractivity contribution is 0.0697. The van der Waals surface area contributed by atoms with E-state index < -0.39 is 5.97 Å². The maximum absolute atomic E-state index is 14.4. The fourth-order valence-electron chi connectivity index (χ4n) is 3.94. The van der Waals surface area contributed by atoms with Crippen molar-refractivity contribution >= 4 is 32.7 Å². The summed E-state index contributed by atoms with van der Waals surface area (Å²) in [5.74, 6) is -0.417. The molecule has 5 nitrogen and oxygen atoms in total. The highest BCUT2D eigenvalue weighted by atomic mass is 32.1. The molecule has 7 heteroatoms. The Bertz CT molecular complexity index is 1240. The average Bonchev–Trinajstić information content (AvgIpc) is 3.27. The molecule has 1 unspecified atom stereocenters. The number of benzene rings is 3. The van der Waals surface area contributed by atoms with E-state index in [9.17, 15) is 14.3 Å². The number of thiazole rings is 1. The van der Waals surface area contributed by atoms with Gasteiger partial charge in [-0.2, -0.15) is 0 Å². The van der Waals surface area contributed by atoms with E-state index in [1.165, 1.54) is 17.4 Å². The number of anilines is 1. The van der Waals surface area contributed by atoms with Crippen LogP contribution in [0, 0.1) is 5.82 Å². The summed E-state index contributed by atoms with van der Waals surface area (Å²) in [5, 5.41) is 10.00. The molecule has 1 aromatic heterocycles. The number of carboxylic acid groups (broad SMARTS) is 1. The third-order valence-electron chi connectivity index (χ3n) is 5.71. The van der Waals surface area contributed by atoms with Crippen molar-refractivity contribution in [3.8, 4) is 5.75 Å². The number of halogens is 1. The number of hydrogen-bond donors (Lipinski definition) is 1. The molecular weight excluding hydrogens is 439 g/mol. The van der Waals surface area contributed by atoms with Crippen LogP contribution in [-0.2, 0) is 6.42 Å². The van der Waals surface area contributed by atoms with E-state index in [1.54, 1.807) is 25.3 Å². The van der Waals surface area contributed by atoms with Gasteiger partial charge in [-0.05, 0) is 60.4 Å². The van der Waals surface area contributed by atoms with Gasteiger partial charge in [0.2, 0.25) is 0 Å². The molecule has 1 N–H and O–H groups in total. The first-order valence-corrected chi connectivity index (χ1v) is 11.6. The van der Waals surface area contributed by atoms with Crippen molar-refractivity contribution in [2.45, 2.75) is 25.8 Å². The van der Waals surface area contributed by atoms with Crippen LogP contribution in [0.3, 0.4) is 0 Å². The topological polar surface area (TPSA) is 62.7 Å². The van der Waals surface area contributed by atoms with E-state index in [4.69, 9.17) is 9.72 Å². The van der Waals surface area contributed by atoms with Crippen LogP contribution in [0.5, 0.6) is 5.75 Å². The summed E-state index contributed by atoms with van der Waals surface area (Å²) in [7, 11) is 1.64. The molecule has 0 aliphatic heterocycles. The van der Waals surface area contributed by atoms with Crippen LogP contribution < -0.4 is 9.64 Å². The Morgan fingerprint density at radius 1 is 1.12 bits per heavy atom. The lowest BCUT2D eigenvalue weighted by Crippen LogP contribution is -2.30. The van der Waals surface area contributed by atoms with Gasteiger partial charge in [-0.3, -0.25) is 0 Å². The van der Waals surface area contributed by atoms with E-state index in [-0.39, 0.29) is 17.4 Å². The molecule has 1 atom stereocenters. The fourth-order valence-corrected chi connectivity index (χ4v) is 4.98. The number of aromatic carboxylic acids is 1. The first-order valence-electron chi connectivity index (χ1n) is 10.8. The van der Waals surface area contributed by atoms with Crippen LogP contribution in [0.2, 0.25) is 0 Å². The minimum Gasteiger partial charge on any atom is -0.497 e. The molecule has 0 fully saturated rings. The monoisotopic (exact) mass is 464 g/mol. The van der Waals surface area contributed by atoms with Crippen LogP contribution in [0.4, 0.5) is 9.52 Å². The summed E-state index contributed by atoms with van der Waals surface area (Å²) < 4.78 is 20.2. The van der Waals surface area contributed by atoms with Gasteiger partial charge >= 0.3 is 5.97 Å². The molecule has 1 heterocycles. The number of rotatable bonds is 9. The van der Waals surface area contributed by atoms with Gasteiger partial charge in [-0.25, -0.2) is 14.2 Å². The number of nitrogens with zero attached hydrogens (tertiary/aromatic N) is 2. The zero-order chi connectivity index (χ0) is 23.4. The quantitative estimate of drug-likeness (QED) is 0.313. The van der Waals surface area contributed by atoms with Crippen molar-refractivity contribution in [1.82, 2.24) is 4.98 Å². The number of carboxylic acids is 1. The minimum absolute atomic E-state index is 0.0327. The molecule has 33 heavy (non-hydrogen) atoms. The van der Waals surface area contributed by atoms with E-state index in [2.05, 4.69) is 11.8 Å². The molecule has 0 saturated carbocycles. The summed E-state index contributed by atoms with van der Waals surface area (Å²) in [6, 6.07) is 19.8. The van der Waals surface area contributed by atoms with E-state index in [1.807, 2.05) is 42.5 Å². The van der Waals surface area contributed by atoms with Gasteiger partial charge in [0.1, 0.15) is 11.6 Å². The van der Waals surface area contributed by atoms with E-state index >= 15 is 0 Å². The van der Waals surface area contributed by atoms with Gasteiger partial charge in [0.05, 0.1) is 28.9 Å². The number of fused-ring (bicyclic) bond motifs is 1. The number of methoxy groups -OCH3 is 1. The smallest absolute Gasteiger partial charge is 0.335 e.